The fourth-order valence-electron chi connectivity index (χ4n) is 2.56. The van der Waals surface area contributed by atoms with Crippen LogP contribution in [0, 0.1) is 5.92 Å². The molecule has 0 saturated carbocycles. The predicted molar refractivity (Wildman–Crippen MR) is 84.2 cm³/mol. The molecule has 0 radical (unpaired) electrons. The molecule has 2 N–H and O–H groups in total. The number of benzene rings is 1. The predicted octanol–water partition coefficient (Wildman–Crippen LogP) is 2.84. The van der Waals surface area contributed by atoms with Crippen molar-refractivity contribution in [3.63, 3.8) is 0 Å². The van der Waals surface area contributed by atoms with Crippen LogP contribution in [0.3, 0.4) is 0 Å². The van der Waals surface area contributed by atoms with Crippen molar-refractivity contribution in [2.24, 2.45) is 11.7 Å². The average molecular weight is 299 g/mol. The van der Waals surface area contributed by atoms with Gasteiger partial charge in [-0.15, -0.1) is 0 Å². The standard InChI is InChI=1S/C14H19ClN2OS/c1-18-9-10-4-6-17(7-5-10)13-3-2-11(15)8-12(13)14(16)19/h2-3,8,10H,4-7,9H2,1H3,(H2,16,19). The van der Waals surface area contributed by atoms with Crippen molar-refractivity contribution < 1.29 is 4.74 Å². The molecule has 0 unspecified atom stereocenters. The Morgan fingerprint density at radius 2 is 2.16 bits per heavy atom. The van der Waals surface area contributed by atoms with Crippen LogP contribution in [0.25, 0.3) is 0 Å². The van der Waals surface area contributed by atoms with E-state index in [2.05, 4.69) is 4.90 Å². The SMILES string of the molecule is COCC1CCN(c2ccc(Cl)cc2C(N)=S)CC1. The van der Waals surface area contributed by atoms with Gasteiger partial charge in [-0.25, -0.2) is 0 Å². The van der Waals surface area contributed by atoms with Gasteiger partial charge in [0.05, 0.1) is 0 Å². The molecule has 1 aromatic carbocycles. The van der Waals surface area contributed by atoms with Gasteiger partial charge in [-0.05, 0) is 37.0 Å². The number of nitrogens with two attached hydrogens (primary N) is 1. The van der Waals surface area contributed by atoms with Gasteiger partial charge in [-0.1, -0.05) is 23.8 Å². The van der Waals surface area contributed by atoms with Gasteiger partial charge in [-0.2, -0.15) is 0 Å². The van der Waals surface area contributed by atoms with Crippen molar-refractivity contribution in [2.75, 3.05) is 31.7 Å². The summed E-state index contributed by atoms with van der Waals surface area (Å²) in [5, 5.41) is 0.667. The molecular formula is C14H19ClN2OS. The van der Waals surface area contributed by atoms with Crippen molar-refractivity contribution in [3.05, 3.63) is 28.8 Å². The maximum Gasteiger partial charge on any atom is 0.106 e. The molecule has 1 heterocycles. The summed E-state index contributed by atoms with van der Waals surface area (Å²) in [6.45, 7) is 2.85. The molecule has 0 amide bonds. The van der Waals surface area contributed by atoms with Crippen LogP contribution in [-0.4, -0.2) is 31.8 Å². The van der Waals surface area contributed by atoms with Crippen molar-refractivity contribution in [3.8, 4) is 0 Å². The Labute approximate surface area is 124 Å². The van der Waals surface area contributed by atoms with Gasteiger partial charge < -0.3 is 15.4 Å². The maximum atomic E-state index is 6.01. The molecule has 0 bridgehead atoms. The molecule has 1 aromatic rings. The van der Waals surface area contributed by atoms with E-state index in [1.54, 1.807) is 7.11 Å². The number of rotatable bonds is 4. The maximum absolute atomic E-state index is 6.01. The zero-order valence-corrected chi connectivity index (χ0v) is 12.6. The smallest absolute Gasteiger partial charge is 0.106 e. The van der Waals surface area contributed by atoms with Crippen LogP contribution >= 0.6 is 23.8 Å². The second-order valence-electron chi connectivity index (χ2n) is 4.91. The van der Waals surface area contributed by atoms with Crippen LogP contribution in [0.4, 0.5) is 5.69 Å². The summed E-state index contributed by atoms with van der Waals surface area (Å²) < 4.78 is 5.22. The molecule has 0 atom stereocenters. The number of thiocarbonyl (C=S) groups is 1. The van der Waals surface area contributed by atoms with Gasteiger partial charge in [0.25, 0.3) is 0 Å². The Morgan fingerprint density at radius 1 is 1.47 bits per heavy atom. The number of nitrogens with zero attached hydrogens (tertiary/aromatic N) is 1. The second-order valence-corrected chi connectivity index (χ2v) is 5.79. The molecule has 0 spiro atoms. The van der Waals surface area contributed by atoms with Gasteiger partial charge in [-0.3, -0.25) is 0 Å². The summed E-state index contributed by atoms with van der Waals surface area (Å²) in [7, 11) is 1.76. The first-order valence-corrected chi connectivity index (χ1v) is 7.23. The molecular weight excluding hydrogens is 280 g/mol. The van der Waals surface area contributed by atoms with Gasteiger partial charge in [0.2, 0.25) is 0 Å². The summed E-state index contributed by atoms with van der Waals surface area (Å²) in [6, 6.07) is 5.74. The van der Waals surface area contributed by atoms with E-state index in [-0.39, 0.29) is 0 Å². The summed E-state index contributed by atoms with van der Waals surface area (Å²) in [5.41, 5.74) is 7.75. The number of halogens is 1. The minimum atomic E-state index is 0.400. The Kier molecular flexibility index (Phi) is 5.02. The summed E-state index contributed by atoms with van der Waals surface area (Å²) in [6.07, 6.45) is 2.26. The number of hydrogen-bond donors (Lipinski definition) is 1. The highest BCUT2D eigenvalue weighted by atomic mass is 35.5. The van der Waals surface area contributed by atoms with E-state index in [4.69, 9.17) is 34.3 Å². The number of anilines is 1. The van der Waals surface area contributed by atoms with E-state index in [1.807, 2.05) is 18.2 Å². The van der Waals surface area contributed by atoms with Crippen molar-refractivity contribution in [2.45, 2.75) is 12.8 Å². The molecule has 5 heteroatoms. The fraction of sp³-hybridized carbons (Fsp3) is 0.500. The summed E-state index contributed by atoms with van der Waals surface area (Å²) in [4.78, 5) is 2.73. The third-order valence-corrected chi connectivity index (χ3v) is 4.04. The van der Waals surface area contributed by atoms with Crippen molar-refractivity contribution >= 4 is 34.5 Å². The molecule has 1 aliphatic heterocycles. The quantitative estimate of drug-likeness (QED) is 0.868. The molecule has 1 saturated heterocycles. The van der Waals surface area contributed by atoms with Crippen LogP contribution in [0.5, 0.6) is 0 Å². The zero-order valence-electron chi connectivity index (χ0n) is 11.1. The lowest BCUT2D eigenvalue weighted by molar-refractivity contribution is 0.139. The van der Waals surface area contributed by atoms with E-state index in [0.29, 0.717) is 15.9 Å². The number of ether oxygens (including phenoxy) is 1. The number of hydrogen-bond acceptors (Lipinski definition) is 3. The topological polar surface area (TPSA) is 38.5 Å². The molecule has 0 aliphatic carbocycles. The minimum absolute atomic E-state index is 0.400. The van der Waals surface area contributed by atoms with Crippen LogP contribution in [0.2, 0.25) is 5.02 Å². The minimum Gasteiger partial charge on any atom is -0.389 e. The molecule has 3 nitrogen and oxygen atoms in total. The molecule has 0 aromatic heterocycles. The highest BCUT2D eigenvalue weighted by Gasteiger charge is 2.21. The molecule has 1 aliphatic rings. The largest absolute Gasteiger partial charge is 0.389 e. The van der Waals surface area contributed by atoms with E-state index < -0.39 is 0 Å². The Morgan fingerprint density at radius 3 is 2.74 bits per heavy atom. The highest BCUT2D eigenvalue weighted by Crippen LogP contribution is 2.28. The molecule has 1 fully saturated rings. The average Bonchev–Trinajstić information content (AvgIpc) is 2.40. The first-order valence-electron chi connectivity index (χ1n) is 6.45. The van der Waals surface area contributed by atoms with Crippen LogP contribution in [0.15, 0.2) is 18.2 Å². The van der Waals surface area contributed by atoms with Gasteiger partial charge in [0, 0.05) is 43.1 Å². The van der Waals surface area contributed by atoms with Crippen LogP contribution in [0.1, 0.15) is 18.4 Å². The third kappa shape index (κ3) is 3.59. The Hall–Kier alpha value is -0.840. The number of methoxy groups -OCH3 is 1. The van der Waals surface area contributed by atoms with Gasteiger partial charge in [0.1, 0.15) is 4.99 Å². The third-order valence-electron chi connectivity index (χ3n) is 3.58. The van der Waals surface area contributed by atoms with E-state index in [0.717, 1.165) is 43.8 Å². The first kappa shape index (κ1) is 14.6. The second kappa shape index (κ2) is 6.55. The van der Waals surface area contributed by atoms with Crippen molar-refractivity contribution in [1.82, 2.24) is 0 Å². The lowest BCUT2D eigenvalue weighted by Crippen LogP contribution is -2.36. The lowest BCUT2D eigenvalue weighted by atomic mass is 9.97. The molecule has 104 valence electrons. The van der Waals surface area contributed by atoms with E-state index in [1.165, 1.54) is 0 Å². The first-order chi connectivity index (χ1) is 9.11. The Bertz CT molecular complexity index is 459. The van der Waals surface area contributed by atoms with Gasteiger partial charge >= 0.3 is 0 Å². The normalized spacial score (nSPS) is 16.6. The molecule has 19 heavy (non-hydrogen) atoms. The van der Waals surface area contributed by atoms with Crippen LogP contribution < -0.4 is 10.6 Å². The molecule has 2 rings (SSSR count). The van der Waals surface area contributed by atoms with Gasteiger partial charge in [0.15, 0.2) is 0 Å². The lowest BCUT2D eigenvalue weighted by Gasteiger charge is -2.34. The highest BCUT2D eigenvalue weighted by molar-refractivity contribution is 7.80. The van der Waals surface area contributed by atoms with Crippen molar-refractivity contribution in [1.29, 1.82) is 0 Å². The summed E-state index contributed by atoms with van der Waals surface area (Å²) in [5.74, 6) is 0.654. The summed E-state index contributed by atoms with van der Waals surface area (Å²) >= 11 is 11.1. The monoisotopic (exact) mass is 298 g/mol. The zero-order chi connectivity index (χ0) is 13.8. The van der Waals surface area contributed by atoms with Crippen LogP contribution in [-0.2, 0) is 4.74 Å². The van der Waals surface area contributed by atoms with E-state index in [9.17, 15) is 0 Å². The Balaban J connectivity index is 2.13. The fourth-order valence-corrected chi connectivity index (χ4v) is 2.89. The van der Waals surface area contributed by atoms with E-state index >= 15 is 0 Å². The number of piperidine rings is 1.